The van der Waals surface area contributed by atoms with Crippen LogP contribution in [0.2, 0.25) is 0 Å². The van der Waals surface area contributed by atoms with Crippen LogP contribution in [0, 0.1) is 0 Å². The van der Waals surface area contributed by atoms with Crippen molar-refractivity contribution in [3.05, 3.63) is 12.3 Å². The number of rotatable bonds is 5. The highest BCUT2D eigenvalue weighted by atomic mass is 15.3. The topological polar surface area (TPSA) is 44.3 Å². The van der Waals surface area contributed by atoms with E-state index in [1.807, 2.05) is 13.1 Å². The second-order valence-corrected chi connectivity index (χ2v) is 4.79. The number of likely N-dealkylation sites (N-methyl/N-ethyl adjacent to an activating group) is 2. The van der Waals surface area contributed by atoms with Gasteiger partial charge in [-0.25, -0.2) is 4.98 Å². The lowest BCUT2D eigenvalue weighted by Crippen LogP contribution is -2.39. The molecule has 0 spiro atoms. The van der Waals surface area contributed by atoms with E-state index in [1.54, 1.807) is 6.20 Å². The Morgan fingerprint density at radius 2 is 2.39 bits per heavy atom. The van der Waals surface area contributed by atoms with Crippen molar-refractivity contribution in [2.75, 3.05) is 43.9 Å². The van der Waals surface area contributed by atoms with E-state index in [0.29, 0.717) is 12.0 Å². The van der Waals surface area contributed by atoms with Gasteiger partial charge < -0.3 is 10.2 Å². The molecular weight excluding hydrogens is 226 g/mol. The summed E-state index contributed by atoms with van der Waals surface area (Å²) in [6.45, 7) is 5.65. The monoisotopic (exact) mass is 249 g/mol. The summed E-state index contributed by atoms with van der Waals surface area (Å²) in [4.78, 5) is 13.4. The van der Waals surface area contributed by atoms with Gasteiger partial charge in [-0.05, 0) is 32.0 Å². The molecule has 0 aromatic carbocycles. The smallest absolute Gasteiger partial charge is 0.224 e. The van der Waals surface area contributed by atoms with E-state index < -0.39 is 0 Å². The first-order chi connectivity index (χ1) is 8.74. The summed E-state index contributed by atoms with van der Waals surface area (Å²) in [5, 5.41) is 2.98. The second-order valence-electron chi connectivity index (χ2n) is 4.79. The standard InChI is InChI=1S/C13H23N5/c1-4-18-9-5-6-11(18)10-17(3)12-7-8-15-13(14-2)16-12/h7-8,11H,4-6,9-10H2,1-3H3,(H,14,15,16). The third-order valence-electron chi connectivity index (χ3n) is 3.65. The Balaban J connectivity index is 2.00. The summed E-state index contributed by atoms with van der Waals surface area (Å²) in [7, 11) is 3.95. The molecule has 0 amide bonds. The SMILES string of the molecule is CCN1CCCC1CN(C)c1ccnc(NC)n1. The molecule has 100 valence electrons. The molecular formula is C13H23N5. The fraction of sp³-hybridized carbons (Fsp3) is 0.692. The summed E-state index contributed by atoms with van der Waals surface area (Å²) in [6.07, 6.45) is 4.41. The van der Waals surface area contributed by atoms with Crippen LogP contribution in [0.1, 0.15) is 19.8 Å². The van der Waals surface area contributed by atoms with Crippen molar-refractivity contribution in [1.29, 1.82) is 0 Å². The Kier molecular flexibility index (Phi) is 4.36. The van der Waals surface area contributed by atoms with Crippen LogP contribution < -0.4 is 10.2 Å². The number of aromatic nitrogens is 2. The molecule has 18 heavy (non-hydrogen) atoms. The maximum absolute atomic E-state index is 4.47. The van der Waals surface area contributed by atoms with Crippen molar-refractivity contribution in [3.63, 3.8) is 0 Å². The van der Waals surface area contributed by atoms with Gasteiger partial charge >= 0.3 is 0 Å². The van der Waals surface area contributed by atoms with Crippen LogP contribution in [0.15, 0.2) is 12.3 Å². The zero-order chi connectivity index (χ0) is 13.0. The Labute approximate surface area is 109 Å². The highest BCUT2D eigenvalue weighted by molar-refractivity contribution is 5.41. The zero-order valence-electron chi connectivity index (χ0n) is 11.6. The zero-order valence-corrected chi connectivity index (χ0v) is 11.6. The summed E-state index contributed by atoms with van der Waals surface area (Å²) >= 11 is 0. The molecule has 5 heteroatoms. The number of nitrogens with one attached hydrogen (secondary N) is 1. The quantitative estimate of drug-likeness (QED) is 0.855. The molecule has 1 saturated heterocycles. The molecule has 2 rings (SSSR count). The number of nitrogens with zero attached hydrogens (tertiary/aromatic N) is 4. The van der Waals surface area contributed by atoms with Crippen molar-refractivity contribution in [1.82, 2.24) is 14.9 Å². The lowest BCUT2D eigenvalue weighted by atomic mass is 10.2. The average Bonchev–Trinajstić information content (AvgIpc) is 2.86. The highest BCUT2D eigenvalue weighted by Crippen LogP contribution is 2.19. The second kappa shape index (κ2) is 6.00. The van der Waals surface area contributed by atoms with Crippen LogP contribution in [-0.2, 0) is 0 Å². The Bertz CT molecular complexity index is 381. The maximum Gasteiger partial charge on any atom is 0.224 e. The molecule has 1 unspecified atom stereocenters. The van der Waals surface area contributed by atoms with Crippen LogP contribution >= 0.6 is 0 Å². The van der Waals surface area contributed by atoms with Gasteiger partial charge in [-0.1, -0.05) is 6.92 Å². The predicted molar refractivity (Wildman–Crippen MR) is 75.1 cm³/mol. The summed E-state index contributed by atoms with van der Waals surface area (Å²) in [5.74, 6) is 1.66. The third kappa shape index (κ3) is 2.90. The summed E-state index contributed by atoms with van der Waals surface area (Å²) in [5.41, 5.74) is 0. The molecule has 1 fully saturated rings. The third-order valence-corrected chi connectivity index (χ3v) is 3.65. The van der Waals surface area contributed by atoms with Crippen LogP contribution in [0.3, 0.4) is 0 Å². The normalized spacial score (nSPS) is 20.1. The molecule has 0 radical (unpaired) electrons. The van der Waals surface area contributed by atoms with Gasteiger partial charge in [0.05, 0.1) is 0 Å². The molecule has 5 nitrogen and oxygen atoms in total. The first-order valence-electron chi connectivity index (χ1n) is 6.70. The van der Waals surface area contributed by atoms with Gasteiger partial charge in [0.15, 0.2) is 0 Å². The fourth-order valence-corrected chi connectivity index (χ4v) is 2.61. The van der Waals surface area contributed by atoms with Crippen molar-refractivity contribution in [2.45, 2.75) is 25.8 Å². The van der Waals surface area contributed by atoms with Crippen molar-refractivity contribution < 1.29 is 0 Å². The summed E-state index contributed by atoms with van der Waals surface area (Å²) < 4.78 is 0. The van der Waals surface area contributed by atoms with E-state index in [4.69, 9.17) is 0 Å². The van der Waals surface area contributed by atoms with Crippen LogP contribution in [0.5, 0.6) is 0 Å². The number of likely N-dealkylation sites (tertiary alicyclic amines) is 1. The molecule has 0 saturated carbocycles. The van der Waals surface area contributed by atoms with Crippen LogP contribution in [0.4, 0.5) is 11.8 Å². The minimum Gasteiger partial charge on any atom is -0.358 e. The molecule has 0 bridgehead atoms. The molecule has 1 aromatic rings. The first kappa shape index (κ1) is 13.1. The highest BCUT2D eigenvalue weighted by Gasteiger charge is 2.24. The van der Waals surface area contributed by atoms with E-state index in [0.717, 1.165) is 18.9 Å². The van der Waals surface area contributed by atoms with E-state index in [1.165, 1.54) is 19.4 Å². The number of hydrogen-bond acceptors (Lipinski definition) is 5. The molecule has 1 N–H and O–H groups in total. The van der Waals surface area contributed by atoms with Gasteiger partial charge in [0.1, 0.15) is 5.82 Å². The van der Waals surface area contributed by atoms with E-state index in [-0.39, 0.29) is 0 Å². The van der Waals surface area contributed by atoms with Crippen LogP contribution in [0.25, 0.3) is 0 Å². The van der Waals surface area contributed by atoms with Gasteiger partial charge in [0.25, 0.3) is 0 Å². The molecule has 1 aliphatic heterocycles. The van der Waals surface area contributed by atoms with Crippen LogP contribution in [-0.4, -0.2) is 54.6 Å². The Morgan fingerprint density at radius 3 is 3.11 bits per heavy atom. The fourth-order valence-electron chi connectivity index (χ4n) is 2.61. The van der Waals surface area contributed by atoms with E-state index in [2.05, 4.69) is 39.1 Å². The Hall–Kier alpha value is -1.36. The molecule has 2 heterocycles. The number of hydrogen-bond donors (Lipinski definition) is 1. The van der Waals surface area contributed by atoms with Gasteiger partial charge in [-0.2, -0.15) is 4.98 Å². The molecule has 1 aliphatic rings. The van der Waals surface area contributed by atoms with E-state index in [9.17, 15) is 0 Å². The van der Waals surface area contributed by atoms with Gasteiger partial charge in [0.2, 0.25) is 5.95 Å². The van der Waals surface area contributed by atoms with Crippen molar-refractivity contribution in [3.8, 4) is 0 Å². The average molecular weight is 249 g/mol. The number of anilines is 2. The van der Waals surface area contributed by atoms with Crippen molar-refractivity contribution >= 4 is 11.8 Å². The summed E-state index contributed by atoms with van der Waals surface area (Å²) in [6, 6.07) is 2.62. The van der Waals surface area contributed by atoms with Gasteiger partial charge in [-0.15, -0.1) is 0 Å². The van der Waals surface area contributed by atoms with Gasteiger partial charge in [0, 0.05) is 32.9 Å². The lowest BCUT2D eigenvalue weighted by Gasteiger charge is -2.28. The predicted octanol–water partition coefficient (Wildman–Crippen LogP) is 1.44. The minimum absolute atomic E-state index is 0.660. The lowest BCUT2D eigenvalue weighted by molar-refractivity contribution is 0.270. The molecule has 0 aliphatic carbocycles. The van der Waals surface area contributed by atoms with Crippen molar-refractivity contribution in [2.24, 2.45) is 0 Å². The first-order valence-corrected chi connectivity index (χ1v) is 6.70. The largest absolute Gasteiger partial charge is 0.358 e. The van der Waals surface area contributed by atoms with E-state index >= 15 is 0 Å². The molecule has 1 atom stereocenters. The van der Waals surface area contributed by atoms with Gasteiger partial charge in [-0.3, -0.25) is 4.90 Å². The Morgan fingerprint density at radius 1 is 1.56 bits per heavy atom. The molecule has 1 aromatic heterocycles. The minimum atomic E-state index is 0.660. The maximum atomic E-state index is 4.47.